The maximum absolute atomic E-state index is 11.7. The molecule has 0 unspecified atom stereocenters. The maximum Gasteiger partial charge on any atom is 0.306 e. The largest absolute Gasteiger partial charge is 0.466 e. The van der Waals surface area contributed by atoms with Crippen LogP contribution in [0.25, 0.3) is 0 Å². The van der Waals surface area contributed by atoms with Gasteiger partial charge in [-0.25, -0.2) is 0 Å². The monoisotopic (exact) mass is 373 g/mol. The van der Waals surface area contributed by atoms with Gasteiger partial charge in [0.25, 0.3) is 5.69 Å². The Bertz CT molecular complexity index is 653. The van der Waals surface area contributed by atoms with Crippen LogP contribution in [0.1, 0.15) is 26.2 Å². The summed E-state index contributed by atoms with van der Waals surface area (Å²) < 4.78 is 4.85. The van der Waals surface area contributed by atoms with Crippen molar-refractivity contribution in [3.05, 3.63) is 33.3 Å². The first-order valence-corrected chi connectivity index (χ1v) is 7.82. The van der Waals surface area contributed by atoms with Gasteiger partial charge in [0.15, 0.2) is 5.11 Å². The number of amides is 1. The Balaban J connectivity index is 2.48. The first kappa shape index (κ1) is 19.8. The fourth-order valence-electron chi connectivity index (χ4n) is 1.59. The lowest BCUT2D eigenvalue weighted by atomic mass is 10.3. The second kappa shape index (κ2) is 9.78. The number of thiocarbonyl (C=S) groups is 1. The standard InChI is InChI=1S/C14H16ClN3O5S/c1-2-7-23-13(20)6-5-12(19)17-14(24)16-9-3-4-10(15)11(8-9)18(21)22/h3-4,8H,2,5-7H2,1H3,(H2,16,17,19,24). The SMILES string of the molecule is CCCOC(=O)CCC(=O)NC(=S)Nc1ccc(Cl)c([N+](=O)[O-])c1. The average molecular weight is 374 g/mol. The van der Waals surface area contributed by atoms with E-state index >= 15 is 0 Å². The number of benzene rings is 1. The van der Waals surface area contributed by atoms with Gasteiger partial charge in [-0.2, -0.15) is 0 Å². The number of nitro groups is 1. The molecule has 0 saturated carbocycles. The molecule has 0 aromatic heterocycles. The van der Waals surface area contributed by atoms with Crippen molar-refractivity contribution in [1.29, 1.82) is 0 Å². The van der Waals surface area contributed by atoms with Crippen molar-refractivity contribution in [3.63, 3.8) is 0 Å². The Morgan fingerprint density at radius 3 is 2.71 bits per heavy atom. The Morgan fingerprint density at radius 1 is 1.38 bits per heavy atom. The number of hydrogen-bond acceptors (Lipinski definition) is 6. The van der Waals surface area contributed by atoms with Crippen molar-refractivity contribution in [2.24, 2.45) is 0 Å². The molecule has 0 aliphatic heterocycles. The summed E-state index contributed by atoms with van der Waals surface area (Å²) in [6.07, 6.45) is 0.575. The first-order valence-electron chi connectivity index (χ1n) is 7.04. The lowest BCUT2D eigenvalue weighted by Gasteiger charge is -2.09. The molecule has 0 bridgehead atoms. The Hall–Kier alpha value is -2.26. The molecule has 1 amide bonds. The zero-order chi connectivity index (χ0) is 18.1. The number of nitrogens with zero attached hydrogens (tertiary/aromatic N) is 1. The predicted octanol–water partition coefficient (Wildman–Crippen LogP) is 2.79. The highest BCUT2D eigenvalue weighted by atomic mass is 35.5. The molecule has 0 fully saturated rings. The third-order valence-electron chi connectivity index (χ3n) is 2.68. The van der Waals surface area contributed by atoms with Gasteiger partial charge in [-0.1, -0.05) is 18.5 Å². The van der Waals surface area contributed by atoms with Gasteiger partial charge >= 0.3 is 5.97 Å². The van der Waals surface area contributed by atoms with Gasteiger partial charge < -0.3 is 15.4 Å². The normalized spacial score (nSPS) is 9.92. The number of rotatable bonds is 7. The van der Waals surface area contributed by atoms with Gasteiger partial charge in [-0.05, 0) is 30.8 Å². The van der Waals surface area contributed by atoms with Gasteiger partial charge in [0.05, 0.1) is 18.0 Å². The quantitative estimate of drug-likeness (QED) is 0.327. The second-order valence-corrected chi connectivity index (χ2v) is 5.46. The molecule has 0 atom stereocenters. The highest BCUT2D eigenvalue weighted by Gasteiger charge is 2.14. The molecule has 0 heterocycles. The number of ether oxygens (including phenoxy) is 1. The fraction of sp³-hybridized carbons (Fsp3) is 0.357. The van der Waals surface area contributed by atoms with Gasteiger partial charge in [0.1, 0.15) is 5.02 Å². The molecule has 1 aromatic carbocycles. The molecule has 130 valence electrons. The Morgan fingerprint density at radius 2 is 2.08 bits per heavy atom. The van der Waals surface area contributed by atoms with Gasteiger partial charge in [-0.15, -0.1) is 0 Å². The van der Waals surface area contributed by atoms with Crippen molar-refractivity contribution in [1.82, 2.24) is 5.32 Å². The fourth-order valence-corrected chi connectivity index (χ4v) is 2.00. The third kappa shape index (κ3) is 6.88. The summed E-state index contributed by atoms with van der Waals surface area (Å²) in [6, 6.07) is 4.02. The van der Waals surface area contributed by atoms with Crippen molar-refractivity contribution >= 4 is 52.2 Å². The van der Waals surface area contributed by atoms with Crippen LogP contribution in [0.15, 0.2) is 18.2 Å². The Labute approximate surface area is 148 Å². The van der Waals surface area contributed by atoms with Crippen LogP contribution in [0.4, 0.5) is 11.4 Å². The van der Waals surface area contributed by atoms with Gasteiger partial charge in [0.2, 0.25) is 5.91 Å². The summed E-state index contributed by atoms with van der Waals surface area (Å²) in [6.45, 7) is 2.18. The number of nitrogens with one attached hydrogen (secondary N) is 2. The molecule has 0 spiro atoms. The van der Waals surface area contributed by atoms with Crippen molar-refractivity contribution in [2.45, 2.75) is 26.2 Å². The molecule has 0 aliphatic carbocycles. The molecule has 1 rings (SSSR count). The summed E-state index contributed by atoms with van der Waals surface area (Å²) >= 11 is 10.6. The van der Waals surface area contributed by atoms with Gasteiger partial charge in [0, 0.05) is 18.2 Å². The van der Waals surface area contributed by atoms with E-state index in [2.05, 4.69) is 10.6 Å². The number of halogens is 1. The highest BCUT2D eigenvalue weighted by Crippen LogP contribution is 2.27. The van der Waals surface area contributed by atoms with Crippen LogP contribution in [0, 0.1) is 10.1 Å². The zero-order valence-electron chi connectivity index (χ0n) is 12.8. The van der Waals surface area contributed by atoms with Crippen LogP contribution in [-0.4, -0.2) is 28.5 Å². The number of esters is 1. The minimum atomic E-state index is -0.628. The number of anilines is 1. The molecule has 2 N–H and O–H groups in total. The molecular weight excluding hydrogens is 358 g/mol. The third-order valence-corrected chi connectivity index (χ3v) is 3.20. The van der Waals surface area contributed by atoms with Gasteiger partial charge in [-0.3, -0.25) is 19.7 Å². The molecule has 8 nitrogen and oxygen atoms in total. The number of carbonyl (C=O) groups excluding carboxylic acids is 2. The second-order valence-electron chi connectivity index (χ2n) is 4.65. The van der Waals surface area contributed by atoms with E-state index in [-0.39, 0.29) is 28.7 Å². The van der Waals surface area contributed by atoms with Crippen LogP contribution in [-0.2, 0) is 14.3 Å². The maximum atomic E-state index is 11.7. The lowest BCUT2D eigenvalue weighted by Crippen LogP contribution is -2.34. The van der Waals surface area contributed by atoms with E-state index in [1.165, 1.54) is 18.2 Å². The summed E-state index contributed by atoms with van der Waals surface area (Å²) in [4.78, 5) is 33.1. The van der Waals surface area contributed by atoms with E-state index < -0.39 is 16.8 Å². The first-order chi connectivity index (χ1) is 11.3. The summed E-state index contributed by atoms with van der Waals surface area (Å²) in [5.41, 5.74) is 0.0215. The summed E-state index contributed by atoms with van der Waals surface area (Å²) in [5, 5.41) is 15.8. The van der Waals surface area contributed by atoms with Crippen molar-refractivity contribution in [2.75, 3.05) is 11.9 Å². The van der Waals surface area contributed by atoms with E-state index in [1.54, 1.807) is 0 Å². The van der Waals surface area contributed by atoms with Crippen LogP contribution in [0.3, 0.4) is 0 Å². The number of nitro benzene ring substituents is 1. The van der Waals surface area contributed by atoms with Crippen LogP contribution in [0.2, 0.25) is 5.02 Å². The van der Waals surface area contributed by atoms with Crippen LogP contribution in [0.5, 0.6) is 0 Å². The number of carbonyl (C=O) groups is 2. The minimum absolute atomic E-state index is 0.00824. The molecule has 0 saturated heterocycles. The molecule has 24 heavy (non-hydrogen) atoms. The molecule has 10 heteroatoms. The van der Waals surface area contributed by atoms with E-state index in [4.69, 9.17) is 28.6 Å². The minimum Gasteiger partial charge on any atom is -0.466 e. The number of hydrogen-bond donors (Lipinski definition) is 2. The molecule has 0 aliphatic rings. The van der Waals surface area contributed by atoms with E-state index in [9.17, 15) is 19.7 Å². The van der Waals surface area contributed by atoms with Crippen LogP contribution < -0.4 is 10.6 Å². The van der Waals surface area contributed by atoms with Crippen molar-refractivity contribution in [3.8, 4) is 0 Å². The van der Waals surface area contributed by atoms with E-state index in [0.29, 0.717) is 18.7 Å². The topological polar surface area (TPSA) is 111 Å². The lowest BCUT2D eigenvalue weighted by molar-refractivity contribution is -0.384. The average Bonchev–Trinajstić information content (AvgIpc) is 2.52. The Kier molecular flexibility index (Phi) is 8.07. The molecule has 1 aromatic rings. The van der Waals surface area contributed by atoms with E-state index in [1.807, 2.05) is 6.92 Å². The molecule has 0 radical (unpaired) electrons. The van der Waals surface area contributed by atoms with Crippen molar-refractivity contribution < 1.29 is 19.2 Å². The van der Waals surface area contributed by atoms with E-state index in [0.717, 1.165) is 0 Å². The summed E-state index contributed by atoms with van der Waals surface area (Å²) in [5.74, 6) is -0.927. The smallest absolute Gasteiger partial charge is 0.306 e. The summed E-state index contributed by atoms with van der Waals surface area (Å²) in [7, 11) is 0. The highest BCUT2D eigenvalue weighted by molar-refractivity contribution is 7.80. The zero-order valence-corrected chi connectivity index (χ0v) is 14.4. The van der Waals surface area contributed by atoms with Crippen LogP contribution >= 0.6 is 23.8 Å². The predicted molar refractivity (Wildman–Crippen MR) is 93.0 cm³/mol. The molecular formula is C14H16ClN3O5S.